The Kier molecular flexibility index (Phi) is 11.7. The van der Waals surface area contributed by atoms with Crippen LogP contribution in [0, 0.1) is 5.82 Å². The molecule has 0 aliphatic rings. The van der Waals surface area contributed by atoms with E-state index in [1.54, 1.807) is 0 Å². The molecule has 0 spiro atoms. The fourth-order valence-electron chi connectivity index (χ4n) is 4.26. The van der Waals surface area contributed by atoms with Crippen LogP contribution in [0.1, 0.15) is 18.1 Å². The number of hydrogen-bond donors (Lipinski definition) is 0. The number of carbonyl (C=O) groups excluding carboxylic acids is 1. The van der Waals surface area contributed by atoms with E-state index < -0.39 is 20.1 Å². The van der Waals surface area contributed by atoms with Crippen molar-refractivity contribution in [3.63, 3.8) is 0 Å². The minimum atomic E-state index is -1.36. The summed E-state index contributed by atoms with van der Waals surface area (Å²) in [5, 5.41) is 4.23. The maximum atomic E-state index is 13.4. The van der Waals surface area contributed by atoms with Crippen molar-refractivity contribution < 1.29 is 28.2 Å². The van der Waals surface area contributed by atoms with Gasteiger partial charge in [0.15, 0.2) is 12.7 Å². The first-order valence-electron chi connectivity index (χ1n) is 14.8. The summed E-state index contributed by atoms with van der Waals surface area (Å²) < 4.78 is 30.7. The van der Waals surface area contributed by atoms with Crippen LogP contribution in [0.25, 0.3) is 11.1 Å². The van der Waals surface area contributed by atoms with Gasteiger partial charge in [-0.1, -0.05) is 91.5 Å². The number of esters is 1. The standard InChI is InChI=1S/C36H40FNO5Si/c1-27(29-12-14-31(15-13-29)30-8-6-5-7-9-30)38-42-23-22-40-33-18-10-28(11-19-33)26-35(36(39)41-24-25-44(2,3)4)43-34-20-16-32(37)17-21-34/h5-21,35H,22-26H2,1-4H3. The van der Waals surface area contributed by atoms with Crippen LogP contribution in [0.5, 0.6) is 11.5 Å². The van der Waals surface area contributed by atoms with E-state index in [4.69, 9.17) is 19.0 Å². The number of ether oxygens (including phenoxy) is 3. The van der Waals surface area contributed by atoms with Crippen LogP contribution < -0.4 is 9.47 Å². The molecule has 0 saturated carbocycles. The lowest BCUT2D eigenvalue weighted by Crippen LogP contribution is -2.33. The lowest BCUT2D eigenvalue weighted by Gasteiger charge is -2.20. The smallest absolute Gasteiger partial charge is 0.347 e. The van der Waals surface area contributed by atoms with Gasteiger partial charge in [0.1, 0.15) is 23.9 Å². The quantitative estimate of drug-likeness (QED) is 0.0445. The Labute approximate surface area is 260 Å². The molecule has 0 bridgehead atoms. The average Bonchev–Trinajstić information content (AvgIpc) is 3.02. The Morgan fingerprint density at radius 2 is 1.41 bits per heavy atom. The van der Waals surface area contributed by atoms with Crippen LogP contribution in [-0.4, -0.2) is 45.7 Å². The molecular weight excluding hydrogens is 573 g/mol. The van der Waals surface area contributed by atoms with E-state index in [1.807, 2.05) is 61.5 Å². The molecular formula is C36H40FNO5Si. The van der Waals surface area contributed by atoms with Gasteiger partial charge in [-0.15, -0.1) is 0 Å². The topological polar surface area (TPSA) is 66.3 Å². The van der Waals surface area contributed by atoms with Crippen molar-refractivity contribution in [2.45, 2.75) is 45.1 Å². The summed E-state index contributed by atoms with van der Waals surface area (Å²) in [6.07, 6.45) is -0.565. The molecule has 0 N–H and O–H groups in total. The van der Waals surface area contributed by atoms with E-state index in [0.717, 1.165) is 28.4 Å². The predicted octanol–water partition coefficient (Wildman–Crippen LogP) is 8.18. The highest BCUT2D eigenvalue weighted by Gasteiger charge is 2.24. The predicted molar refractivity (Wildman–Crippen MR) is 176 cm³/mol. The van der Waals surface area contributed by atoms with Gasteiger partial charge < -0.3 is 19.0 Å². The highest BCUT2D eigenvalue weighted by Crippen LogP contribution is 2.21. The van der Waals surface area contributed by atoms with E-state index in [-0.39, 0.29) is 12.4 Å². The van der Waals surface area contributed by atoms with E-state index in [9.17, 15) is 9.18 Å². The molecule has 4 rings (SSSR count). The van der Waals surface area contributed by atoms with Gasteiger partial charge in [-0.2, -0.15) is 0 Å². The Morgan fingerprint density at radius 3 is 2.07 bits per heavy atom. The maximum absolute atomic E-state index is 13.4. The summed E-state index contributed by atoms with van der Waals surface area (Å²) in [6.45, 7) is 9.56. The van der Waals surface area contributed by atoms with Crippen LogP contribution in [0.4, 0.5) is 4.39 Å². The van der Waals surface area contributed by atoms with Crippen molar-refractivity contribution >= 4 is 19.8 Å². The number of hydrogen-bond acceptors (Lipinski definition) is 6. The van der Waals surface area contributed by atoms with Gasteiger partial charge in [-0.3, -0.25) is 0 Å². The van der Waals surface area contributed by atoms with E-state index in [0.29, 0.717) is 31.1 Å². The monoisotopic (exact) mass is 613 g/mol. The Bertz CT molecular complexity index is 1490. The molecule has 4 aromatic carbocycles. The molecule has 44 heavy (non-hydrogen) atoms. The molecule has 0 aromatic heterocycles. The molecule has 1 unspecified atom stereocenters. The molecule has 0 heterocycles. The van der Waals surface area contributed by atoms with Crippen molar-refractivity contribution in [3.05, 3.63) is 120 Å². The largest absolute Gasteiger partial charge is 0.490 e. The highest BCUT2D eigenvalue weighted by atomic mass is 28.3. The molecule has 0 fully saturated rings. The molecule has 1 atom stereocenters. The fourth-order valence-corrected chi connectivity index (χ4v) is 4.98. The minimum Gasteiger partial charge on any atom is -0.490 e. The summed E-state index contributed by atoms with van der Waals surface area (Å²) in [5.41, 5.74) is 4.97. The first-order valence-corrected chi connectivity index (χ1v) is 18.5. The summed E-state index contributed by atoms with van der Waals surface area (Å²) in [7, 11) is -1.36. The minimum absolute atomic E-state index is 0.290. The summed E-state index contributed by atoms with van der Waals surface area (Å²) in [6, 6.07) is 32.4. The van der Waals surface area contributed by atoms with Gasteiger partial charge in [0.2, 0.25) is 0 Å². The molecule has 0 aliphatic heterocycles. The average molecular weight is 614 g/mol. The molecule has 8 heteroatoms. The van der Waals surface area contributed by atoms with Crippen LogP contribution >= 0.6 is 0 Å². The number of benzene rings is 4. The number of rotatable bonds is 15. The van der Waals surface area contributed by atoms with Gasteiger partial charge in [-0.25, -0.2) is 9.18 Å². The van der Waals surface area contributed by atoms with Crippen molar-refractivity contribution in [1.82, 2.24) is 0 Å². The van der Waals surface area contributed by atoms with Crippen LogP contribution in [-0.2, 0) is 20.8 Å². The zero-order valence-electron chi connectivity index (χ0n) is 25.8. The zero-order valence-corrected chi connectivity index (χ0v) is 26.8. The second-order valence-corrected chi connectivity index (χ2v) is 17.3. The van der Waals surface area contributed by atoms with Gasteiger partial charge in [0.05, 0.1) is 12.3 Å². The third-order valence-corrected chi connectivity index (χ3v) is 8.55. The van der Waals surface area contributed by atoms with Crippen LogP contribution in [0.3, 0.4) is 0 Å². The van der Waals surface area contributed by atoms with Crippen LogP contribution in [0.15, 0.2) is 108 Å². The lowest BCUT2D eigenvalue weighted by molar-refractivity contribution is -0.151. The summed E-state index contributed by atoms with van der Waals surface area (Å²) in [5.74, 6) is 0.264. The molecule has 0 aliphatic carbocycles. The Hall–Kier alpha value is -4.43. The molecule has 0 saturated heterocycles. The van der Waals surface area contributed by atoms with E-state index in [2.05, 4.69) is 49.1 Å². The number of carbonyl (C=O) groups is 1. The Morgan fingerprint density at radius 1 is 0.773 bits per heavy atom. The maximum Gasteiger partial charge on any atom is 0.347 e. The van der Waals surface area contributed by atoms with E-state index in [1.165, 1.54) is 29.8 Å². The number of halogens is 1. The molecule has 0 radical (unpaired) electrons. The van der Waals surface area contributed by atoms with Crippen molar-refractivity contribution in [2.24, 2.45) is 5.16 Å². The number of oxime groups is 1. The summed E-state index contributed by atoms with van der Waals surface area (Å²) >= 11 is 0. The molecule has 4 aromatic rings. The van der Waals surface area contributed by atoms with Crippen molar-refractivity contribution in [2.75, 3.05) is 19.8 Å². The van der Waals surface area contributed by atoms with E-state index >= 15 is 0 Å². The summed E-state index contributed by atoms with van der Waals surface area (Å²) in [4.78, 5) is 18.4. The van der Waals surface area contributed by atoms with Gasteiger partial charge in [0, 0.05) is 14.5 Å². The molecule has 0 amide bonds. The van der Waals surface area contributed by atoms with Gasteiger partial charge in [0.25, 0.3) is 0 Å². The SMILES string of the molecule is CC(=NOCCOc1ccc(CC(Oc2ccc(F)cc2)C(=O)OCC[Si](C)(C)C)cc1)c1ccc(-c2ccccc2)cc1. The number of nitrogens with zero attached hydrogens (tertiary/aromatic N) is 1. The molecule has 230 valence electrons. The van der Waals surface area contributed by atoms with Gasteiger partial charge in [-0.05, 0) is 71.6 Å². The third-order valence-electron chi connectivity index (χ3n) is 6.85. The van der Waals surface area contributed by atoms with Crippen molar-refractivity contribution in [1.29, 1.82) is 0 Å². The second kappa shape index (κ2) is 15.9. The first kappa shape index (κ1) is 32.5. The first-order chi connectivity index (χ1) is 21.2. The Balaban J connectivity index is 1.26. The normalized spacial score (nSPS) is 12.3. The lowest BCUT2D eigenvalue weighted by atomic mass is 10.0. The van der Waals surface area contributed by atoms with Crippen LogP contribution in [0.2, 0.25) is 25.7 Å². The third kappa shape index (κ3) is 10.7. The highest BCUT2D eigenvalue weighted by molar-refractivity contribution is 6.76. The fraction of sp³-hybridized carbons (Fsp3) is 0.278. The van der Waals surface area contributed by atoms with Crippen molar-refractivity contribution in [3.8, 4) is 22.6 Å². The van der Waals surface area contributed by atoms with Gasteiger partial charge >= 0.3 is 5.97 Å². The zero-order chi connectivity index (χ0) is 31.4. The molecule has 6 nitrogen and oxygen atoms in total. The second-order valence-electron chi connectivity index (χ2n) is 11.7.